The maximum atomic E-state index is 13.1. The van der Waals surface area contributed by atoms with Gasteiger partial charge in [0.15, 0.2) is 0 Å². The number of carbonyl (C=O) groups excluding carboxylic acids is 1. The lowest BCUT2D eigenvalue weighted by molar-refractivity contribution is -0.147. The van der Waals surface area contributed by atoms with Crippen LogP contribution in [0.3, 0.4) is 0 Å². The van der Waals surface area contributed by atoms with Crippen molar-refractivity contribution in [2.75, 3.05) is 39.8 Å². The van der Waals surface area contributed by atoms with Crippen LogP contribution >= 0.6 is 0 Å². The molecule has 42 heavy (non-hydrogen) atoms. The van der Waals surface area contributed by atoms with Crippen molar-refractivity contribution in [2.24, 2.45) is 0 Å². The molecule has 0 radical (unpaired) electrons. The minimum atomic E-state index is -3.86. The number of carbonyl (C=O) groups is 1. The molecule has 0 amide bonds. The molecule has 9 nitrogen and oxygen atoms in total. The number of esters is 1. The van der Waals surface area contributed by atoms with Crippen LogP contribution in [-0.4, -0.2) is 75.0 Å². The molecule has 1 fully saturated rings. The second kappa shape index (κ2) is 13.4. The molecule has 1 aliphatic rings. The number of piperazine rings is 1. The number of rotatable bonds is 11. The zero-order chi connectivity index (χ0) is 29.5. The lowest BCUT2D eigenvalue weighted by Gasteiger charge is -2.38. The molecule has 2 heterocycles. The zero-order valence-electron chi connectivity index (χ0n) is 23.9. The Balaban J connectivity index is 1.17. The van der Waals surface area contributed by atoms with Gasteiger partial charge in [0.2, 0.25) is 10.0 Å². The largest absolute Gasteiger partial charge is 0.489 e. The zero-order valence-corrected chi connectivity index (χ0v) is 24.7. The quantitative estimate of drug-likeness (QED) is 0.265. The van der Waals surface area contributed by atoms with Crippen molar-refractivity contribution < 1.29 is 22.7 Å². The fraction of sp³-hybridized carbons (Fsp3) is 0.312. The van der Waals surface area contributed by atoms with Gasteiger partial charge >= 0.3 is 5.97 Å². The molecule has 1 aliphatic heterocycles. The first-order valence-corrected chi connectivity index (χ1v) is 15.5. The number of aryl methyl sites for hydroxylation is 1. The summed E-state index contributed by atoms with van der Waals surface area (Å²) in [5, 5.41) is 1.02. The van der Waals surface area contributed by atoms with Crippen LogP contribution in [0.15, 0.2) is 89.8 Å². The minimum Gasteiger partial charge on any atom is -0.489 e. The summed E-state index contributed by atoms with van der Waals surface area (Å²) in [6, 6.07) is 25.7. The number of hydrogen-bond acceptors (Lipinski definition) is 8. The van der Waals surface area contributed by atoms with Gasteiger partial charge in [0, 0.05) is 55.9 Å². The van der Waals surface area contributed by atoms with Gasteiger partial charge in [-0.15, -0.1) is 0 Å². The van der Waals surface area contributed by atoms with Crippen molar-refractivity contribution in [3.05, 3.63) is 102 Å². The van der Waals surface area contributed by atoms with E-state index in [0.29, 0.717) is 25.4 Å². The van der Waals surface area contributed by atoms with Crippen LogP contribution in [0.2, 0.25) is 0 Å². The molecule has 3 aromatic carbocycles. The standard InChI is InChI=1S/C32H36N4O5S/c1-24-20-26(29-10-6-7-11-30(29)34-24)23-41-27-12-14-28(15-13-27)42(38,39)33-21-31(32(37)40-2)36-18-16-35(17-19-36)22-25-8-4-3-5-9-25/h3-15,20,31,33H,16-19,21-23H2,1-2H3. The number of ether oxygens (including phenoxy) is 2. The highest BCUT2D eigenvalue weighted by atomic mass is 32.2. The fourth-order valence-electron chi connectivity index (χ4n) is 5.23. The van der Waals surface area contributed by atoms with E-state index in [1.165, 1.54) is 24.8 Å². The number of nitrogens with one attached hydrogen (secondary N) is 1. The number of nitrogens with zero attached hydrogens (tertiary/aromatic N) is 3. The molecule has 1 saturated heterocycles. The normalized spacial score (nSPS) is 15.4. The maximum absolute atomic E-state index is 13.1. The van der Waals surface area contributed by atoms with Gasteiger partial charge in [-0.1, -0.05) is 48.5 Å². The Hall–Kier alpha value is -3.83. The van der Waals surface area contributed by atoms with E-state index >= 15 is 0 Å². The molecule has 0 aliphatic carbocycles. The number of aromatic nitrogens is 1. The van der Waals surface area contributed by atoms with Gasteiger partial charge in [-0.3, -0.25) is 19.6 Å². The maximum Gasteiger partial charge on any atom is 0.324 e. The Labute approximate surface area is 247 Å². The van der Waals surface area contributed by atoms with Gasteiger partial charge in [0.1, 0.15) is 18.4 Å². The van der Waals surface area contributed by atoms with E-state index in [-0.39, 0.29) is 11.4 Å². The van der Waals surface area contributed by atoms with Crippen LogP contribution in [0.4, 0.5) is 0 Å². The Kier molecular flexibility index (Phi) is 9.48. The molecule has 1 atom stereocenters. The molecule has 0 bridgehead atoms. The smallest absolute Gasteiger partial charge is 0.324 e. The second-order valence-corrected chi connectivity index (χ2v) is 12.2. The molecule has 5 rings (SSSR count). The summed E-state index contributed by atoms with van der Waals surface area (Å²) < 4.78 is 39.9. The summed E-state index contributed by atoms with van der Waals surface area (Å²) in [6.45, 7) is 5.83. The van der Waals surface area contributed by atoms with Gasteiger partial charge in [-0.2, -0.15) is 0 Å². The van der Waals surface area contributed by atoms with E-state index in [1.807, 2.05) is 60.4 Å². The van der Waals surface area contributed by atoms with Crippen molar-refractivity contribution in [3.63, 3.8) is 0 Å². The monoisotopic (exact) mass is 588 g/mol. The Morgan fingerprint density at radius 3 is 2.36 bits per heavy atom. The van der Waals surface area contributed by atoms with Crippen LogP contribution in [0.1, 0.15) is 16.8 Å². The molecule has 1 N–H and O–H groups in total. The molecule has 220 valence electrons. The second-order valence-electron chi connectivity index (χ2n) is 10.4. The number of sulfonamides is 1. The van der Waals surface area contributed by atoms with Crippen LogP contribution < -0.4 is 9.46 Å². The van der Waals surface area contributed by atoms with E-state index in [2.05, 4.69) is 26.7 Å². The topological polar surface area (TPSA) is 101 Å². The molecule has 4 aromatic rings. The van der Waals surface area contributed by atoms with Crippen LogP contribution in [0.5, 0.6) is 5.75 Å². The number of hydrogen-bond donors (Lipinski definition) is 1. The van der Waals surface area contributed by atoms with Crippen molar-refractivity contribution in [1.82, 2.24) is 19.5 Å². The van der Waals surface area contributed by atoms with E-state index in [9.17, 15) is 13.2 Å². The van der Waals surface area contributed by atoms with Crippen LogP contribution in [-0.2, 0) is 32.7 Å². The first-order valence-electron chi connectivity index (χ1n) is 14.0. The number of para-hydroxylation sites is 1. The highest BCUT2D eigenvalue weighted by molar-refractivity contribution is 7.89. The van der Waals surface area contributed by atoms with E-state index < -0.39 is 22.0 Å². The third kappa shape index (κ3) is 7.32. The summed E-state index contributed by atoms with van der Waals surface area (Å²) in [4.78, 5) is 21.6. The predicted molar refractivity (Wildman–Crippen MR) is 162 cm³/mol. The number of fused-ring (bicyclic) bond motifs is 1. The van der Waals surface area contributed by atoms with E-state index in [0.717, 1.165) is 41.8 Å². The summed E-state index contributed by atoms with van der Waals surface area (Å²) in [5.74, 6) is 0.0881. The molecular weight excluding hydrogens is 552 g/mol. The Bertz CT molecular complexity index is 1610. The van der Waals surface area contributed by atoms with Crippen LogP contribution in [0.25, 0.3) is 10.9 Å². The molecule has 1 aromatic heterocycles. The third-order valence-corrected chi connectivity index (χ3v) is 8.93. The number of pyridine rings is 1. The van der Waals surface area contributed by atoms with E-state index in [4.69, 9.17) is 9.47 Å². The first kappa shape index (κ1) is 29.7. The van der Waals surface area contributed by atoms with Gasteiger partial charge in [-0.25, -0.2) is 13.1 Å². The van der Waals surface area contributed by atoms with Gasteiger partial charge < -0.3 is 9.47 Å². The van der Waals surface area contributed by atoms with Crippen molar-refractivity contribution in [3.8, 4) is 5.75 Å². The first-order chi connectivity index (χ1) is 20.3. The van der Waals surface area contributed by atoms with Crippen molar-refractivity contribution >= 4 is 26.9 Å². The molecule has 0 saturated carbocycles. The van der Waals surface area contributed by atoms with Gasteiger partial charge in [0.25, 0.3) is 0 Å². The molecule has 1 unspecified atom stereocenters. The highest BCUT2D eigenvalue weighted by Gasteiger charge is 2.31. The summed E-state index contributed by atoms with van der Waals surface area (Å²) >= 11 is 0. The van der Waals surface area contributed by atoms with Gasteiger partial charge in [-0.05, 0) is 48.9 Å². The Morgan fingerprint density at radius 1 is 0.952 bits per heavy atom. The number of benzene rings is 3. The average Bonchev–Trinajstić information content (AvgIpc) is 3.01. The SMILES string of the molecule is COC(=O)C(CNS(=O)(=O)c1ccc(OCc2cc(C)nc3ccccc23)cc1)N1CCN(Cc2ccccc2)CC1. The lowest BCUT2D eigenvalue weighted by Crippen LogP contribution is -2.56. The highest BCUT2D eigenvalue weighted by Crippen LogP contribution is 2.22. The predicted octanol–water partition coefficient (Wildman–Crippen LogP) is 3.76. The average molecular weight is 589 g/mol. The summed E-state index contributed by atoms with van der Waals surface area (Å²) in [7, 11) is -2.54. The lowest BCUT2D eigenvalue weighted by atomic mass is 10.1. The van der Waals surface area contributed by atoms with E-state index in [1.54, 1.807) is 12.1 Å². The minimum absolute atomic E-state index is 0.0829. The molecular formula is C32H36N4O5S. The Morgan fingerprint density at radius 2 is 1.64 bits per heavy atom. The summed E-state index contributed by atoms with van der Waals surface area (Å²) in [5.41, 5.74) is 4.05. The van der Waals surface area contributed by atoms with Crippen LogP contribution in [0, 0.1) is 6.92 Å². The summed E-state index contributed by atoms with van der Waals surface area (Å²) in [6.07, 6.45) is 0. The van der Waals surface area contributed by atoms with Gasteiger partial charge in [0.05, 0.1) is 17.5 Å². The van der Waals surface area contributed by atoms with Crippen molar-refractivity contribution in [2.45, 2.75) is 31.0 Å². The fourth-order valence-corrected chi connectivity index (χ4v) is 6.27. The molecule has 0 spiro atoms. The number of methoxy groups -OCH3 is 1. The third-order valence-electron chi connectivity index (χ3n) is 7.49. The molecule has 10 heteroatoms. The van der Waals surface area contributed by atoms with Crippen molar-refractivity contribution in [1.29, 1.82) is 0 Å².